The van der Waals surface area contributed by atoms with Gasteiger partial charge < -0.3 is 15.4 Å². The van der Waals surface area contributed by atoms with E-state index in [1.165, 1.54) is 0 Å². The summed E-state index contributed by atoms with van der Waals surface area (Å²) < 4.78 is 5.07. The van der Waals surface area contributed by atoms with Crippen LogP contribution in [0.15, 0.2) is 12.1 Å². The summed E-state index contributed by atoms with van der Waals surface area (Å²) >= 11 is 0. The van der Waals surface area contributed by atoms with Gasteiger partial charge in [-0.2, -0.15) is 4.98 Å². The van der Waals surface area contributed by atoms with Crippen LogP contribution in [0.25, 0.3) is 0 Å². The molecule has 0 aliphatic rings. The first-order chi connectivity index (χ1) is 7.19. The smallest absolute Gasteiger partial charge is 0.215 e. The zero-order valence-corrected chi connectivity index (χ0v) is 9.66. The molecule has 4 heteroatoms. The number of methoxy groups -OCH3 is 1. The summed E-state index contributed by atoms with van der Waals surface area (Å²) in [6.07, 6.45) is 2.29. The lowest BCUT2D eigenvalue weighted by Crippen LogP contribution is -2.21. The van der Waals surface area contributed by atoms with E-state index < -0.39 is 0 Å². The first kappa shape index (κ1) is 11.6. The maximum Gasteiger partial charge on any atom is 0.215 e. The molecule has 0 fully saturated rings. The van der Waals surface area contributed by atoms with E-state index in [9.17, 15) is 0 Å². The van der Waals surface area contributed by atoms with Crippen LogP contribution >= 0.6 is 0 Å². The fourth-order valence-corrected chi connectivity index (χ4v) is 1.36. The Labute approximate surface area is 91.1 Å². The highest BCUT2D eigenvalue weighted by atomic mass is 16.5. The summed E-state index contributed by atoms with van der Waals surface area (Å²) in [5, 5.41) is 0. The molecule has 0 unspecified atom stereocenters. The van der Waals surface area contributed by atoms with Crippen molar-refractivity contribution in [3.63, 3.8) is 0 Å². The summed E-state index contributed by atoms with van der Waals surface area (Å²) in [4.78, 5) is 6.38. The average molecular weight is 209 g/mol. The number of nitrogen functional groups attached to an aromatic ring is 1. The molecule has 0 spiro atoms. The lowest BCUT2D eigenvalue weighted by atomic mass is 10.3. The number of ether oxygens (including phenoxy) is 1. The molecule has 84 valence electrons. The van der Waals surface area contributed by atoms with Crippen LogP contribution in [0.5, 0.6) is 5.88 Å². The maximum absolute atomic E-state index is 5.86. The predicted octanol–water partition coefficient (Wildman–Crippen LogP) is 1.91. The van der Waals surface area contributed by atoms with Gasteiger partial charge in [-0.05, 0) is 12.5 Å². The molecule has 0 aliphatic heterocycles. The second kappa shape index (κ2) is 5.44. The molecule has 0 aliphatic carbocycles. The second-order valence-corrected chi connectivity index (χ2v) is 3.54. The molecule has 4 nitrogen and oxygen atoms in total. The number of hydrogen-bond donors (Lipinski definition) is 1. The minimum absolute atomic E-state index is 0.600. The standard InChI is InChI=1S/C11H19N3O/c1-4-5-8-14(2)11-9(12)6-7-10(13-11)15-3/h6-7H,4-5,8,12H2,1-3H3. The summed E-state index contributed by atoms with van der Waals surface area (Å²) in [5.41, 5.74) is 6.55. The largest absolute Gasteiger partial charge is 0.481 e. The quantitative estimate of drug-likeness (QED) is 0.804. The zero-order valence-electron chi connectivity index (χ0n) is 9.66. The van der Waals surface area contributed by atoms with Gasteiger partial charge >= 0.3 is 0 Å². The first-order valence-corrected chi connectivity index (χ1v) is 5.20. The van der Waals surface area contributed by atoms with Gasteiger partial charge in [-0.25, -0.2) is 0 Å². The lowest BCUT2D eigenvalue weighted by molar-refractivity contribution is 0.398. The van der Waals surface area contributed by atoms with Crippen molar-refractivity contribution >= 4 is 11.5 Å². The lowest BCUT2D eigenvalue weighted by Gasteiger charge is -2.19. The van der Waals surface area contributed by atoms with Crippen molar-refractivity contribution < 1.29 is 4.74 Å². The van der Waals surface area contributed by atoms with Crippen molar-refractivity contribution in [2.45, 2.75) is 19.8 Å². The van der Waals surface area contributed by atoms with Gasteiger partial charge in [-0.1, -0.05) is 13.3 Å². The molecule has 0 radical (unpaired) electrons. The van der Waals surface area contributed by atoms with Crippen molar-refractivity contribution in [2.75, 3.05) is 31.3 Å². The van der Waals surface area contributed by atoms with Gasteiger partial charge in [0, 0.05) is 19.7 Å². The number of unbranched alkanes of at least 4 members (excludes halogenated alkanes) is 1. The van der Waals surface area contributed by atoms with Gasteiger partial charge in [-0.15, -0.1) is 0 Å². The van der Waals surface area contributed by atoms with Crippen molar-refractivity contribution in [1.29, 1.82) is 0 Å². The van der Waals surface area contributed by atoms with Gasteiger partial charge in [0.25, 0.3) is 0 Å². The third-order valence-electron chi connectivity index (χ3n) is 2.30. The number of pyridine rings is 1. The minimum atomic E-state index is 0.600. The number of rotatable bonds is 5. The Bertz CT molecular complexity index is 315. The number of hydrogen-bond acceptors (Lipinski definition) is 4. The molecule has 1 rings (SSSR count). The fraction of sp³-hybridized carbons (Fsp3) is 0.545. The van der Waals surface area contributed by atoms with E-state index in [1.54, 1.807) is 13.2 Å². The highest BCUT2D eigenvalue weighted by Crippen LogP contribution is 2.22. The van der Waals surface area contributed by atoms with Gasteiger partial charge in [0.15, 0.2) is 5.82 Å². The van der Waals surface area contributed by atoms with E-state index in [2.05, 4.69) is 16.8 Å². The Hall–Kier alpha value is -1.45. The van der Waals surface area contributed by atoms with Crippen LogP contribution in [-0.2, 0) is 0 Å². The number of nitrogens with zero attached hydrogens (tertiary/aromatic N) is 2. The van der Waals surface area contributed by atoms with Crippen LogP contribution in [0, 0.1) is 0 Å². The molecule has 2 N–H and O–H groups in total. The molecular formula is C11H19N3O. The topological polar surface area (TPSA) is 51.4 Å². The van der Waals surface area contributed by atoms with E-state index in [0.29, 0.717) is 11.6 Å². The van der Waals surface area contributed by atoms with Gasteiger partial charge in [0.1, 0.15) is 0 Å². The highest BCUT2D eigenvalue weighted by molar-refractivity contribution is 5.63. The summed E-state index contributed by atoms with van der Waals surface area (Å²) in [5.74, 6) is 1.39. The maximum atomic E-state index is 5.86. The number of anilines is 2. The molecule has 0 saturated heterocycles. The molecule has 0 aromatic carbocycles. The summed E-state index contributed by atoms with van der Waals surface area (Å²) in [6.45, 7) is 3.12. The van der Waals surface area contributed by atoms with E-state index >= 15 is 0 Å². The molecule has 1 aromatic heterocycles. The first-order valence-electron chi connectivity index (χ1n) is 5.20. The monoisotopic (exact) mass is 209 g/mol. The third-order valence-corrected chi connectivity index (χ3v) is 2.30. The van der Waals surface area contributed by atoms with Crippen LogP contribution in [0.4, 0.5) is 11.5 Å². The van der Waals surface area contributed by atoms with Crippen molar-refractivity contribution in [2.24, 2.45) is 0 Å². The normalized spacial score (nSPS) is 10.1. The molecule has 0 amide bonds. The molecule has 0 bridgehead atoms. The molecule has 1 aromatic rings. The minimum Gasteiger partial charge on any atom is -0.481 e. The molecule has 0 atom stereocenters. The number of aromatic nitrogens is 1. The molecule has 1 heterocycles. The Morgan fingerprint density at radius 2 is 2.20 bits per heavy atom. The van der Waals surface area contributed by atoms with Crippen LogP contribution < -0.4 is 15.4 Å². The average Bonchev–Trinajstić information content (AvgIpc) is 2.26. The Kier molecular flexibility index (Phi) is 4.21. The van der Waals surface area contributed by atoms with Gasteiger partial charge in [0.05, 0.1) is 12.8 Å². The highest BCUT2D eigenvalue weighted by Gasteiger charge is 2.07. The van der Waals surface area contributed by atoms with E-state index in [4.69, 9.17) is 10.5 Å². The Balaban J connectivity index is 2.81. The van der Waals surface area contributed by atoms with Crippen LogP contribution in [0.2, 0.25) is 0 Å². The van der Waals surface area contributed by atoms with E-state index in [1.807, 2.05) is 13.1 Å². The van der Waals surface area contributed by atoms with Crippen molar-refractivity contribution in [1.82, 2.24) is 4.98 Å². The molecule has 15 heavy (non-hydrogen) atoms. The Morgan fingerprint density at radius 1 is 1.47 bits per heavy atom. The zero-order chi connectivity index (χ0) is 11.3. The van der Waals surface area contributed by atoms with E-state index in [0.717, 1.165) is 25.2 Å². The van der Waals surface area contributed by atoms with Gasteiger partial charge in [0.2, 0.25) is 5.88 Å². The van der Waals surface area contributed by atoms with Crippen LogP contribution in [-0.4, -0.2) is 25.7 Å². The number of nitrogens with two attached hydrogens (primary N) is 1. The molecular weight excluding hydrogens is 190 g/mol. The van der Waals surface area contributed by atoms with Crippen LogP contribution in [0.3, 0.4) is 0 Å². The fourth-order valence-electron chi connectivity index (χ4n) is 1.36. The molecule has 0 saturated carbocycles. The predicted molar refractivity (Wildman–Crippen MR) is 63.4 cm³/mol. The van der Waals surface area contributed by atoms with Crippen molar-refractivity contribution in [3.8, 4) is 5.88 Å². The van der Waals surface area contributed by atoms with Gasteiger partial charge in [-0.3, -0.25) is 0 Å². The van der Waals surface area contributed by atoms with Crippen molar-refractivity contribution in [3.05, 3.63) is 12.1 Å². The SMILES string of the molecule is CCCCN(C)c1nc(OC)ccc1N. The van der Waals surface area contributed by atoms with Crippen LogP contribution in [0.1, 0.15) is 19.8 Å². The van der Waals surface area contributed by atoms with E-state index in [-0.39, 0.29) is 0 Å². The summed E-state index contributed by atoms with van der Waals surface area (Å²) in [6, 6.07) is 3.59. The summed E-state index contributed by atoms with van der Waals surface area (Å²) in [7, 11) is 3.60. The Morgan fingerprint density at radius 3 is 2.80 bits per heavy atom. The second-order valence-electron chi connectivity index (χ2n) is 3.54. The third kappa shape index (κ3) is 3.01.